The summed E-state index contributed by atoms with van der Waals surface area (Å²) in [5, 5.41) is 2.64. The number of hydrogen-bond acceptors (Lipinski definition) is 4. The number of rotatable bonds is 5. The Morgan fingerprint density at radius 1 is 0.971 bits per heavy atom. The van der Waals surface area contributed by atoms with Gasteiger partial charge in [-0.1, -0.05) is 36.0 Å². The number of carbonyl (C=O) groups excluding carboxylic acids is 1. The first kappa shape index (κ1) is 25.5. The number of alkyl halides is 6. The molecule has 1 N–H and O–H groups in total. The predicted molar refractivity (Wildman–Crippen MR) is 117 cm³/mol. The third kappa shape index (κ3) is 5.52. The number of thioether (sulfide) groups is 1. The molecule has 1 amide bonds. The Morgan fingerprint density at radius 3 is 2.06 bits per heavy atom. The number of halogens is 6. The molecule has 0 aliphatic carbocycles. The summed E-state index contributed by atoms with van der Waals surface area (Å²) >= 11 is 1.10. The second-order valence-corrected chi connectivity index (χ2v) is 8.14. The fourth-order valence-electron chi connectivity index (χ4n) is 3.44. The van der Waals surface area contributed by atoms with E-state index in [1.807, 2.05) is 0 Å². The lowest BCUT2D eigenvalue weighted by Gasteiger charge is -2.18. The van der Waals surface area contributed by atoms with Gasteiger partial charge in [0.25, 0.3) is 5.91 Å². The van der Waals surface area contributed by atoms with Gasteiger partial charge in [0.1, 0.15) is 5.69 Å². The van der Waals surface area contributed by atoms with Gasteiger partial charge in [-0.3, -0.25) is 4.79 Å². The van der Waals surface area contributed by atoms with Crippen molar-refractivity contribution >= 4 is 17.7 Å². The number of nitrogens with zero attached hydrogens (tertiary/aromatic N) is 2. The summed E-state index contributed by atoms with van der Waals surface area (Å²) in [6, 6.07) is 8.33. The monoisotopic (exact) mass is 499 g/mol. The van der Waals surface area contributed by atoms with Gasteiger partial charge in [0.05, 0.1) is 16.8 Å². The second kappa shape index (κ2) is 9.65. The van der Waals surface area contributed by atoms with Gasteiger partial charge < -0.3 is 5.32 Å². The topological polar surface area (TPSA) is 54.9 Å². The molecule has 4 nitrogen and oxygen atoms in total. The first-order valence-corrected chi connectivity index (χ1v) is 11.1. The van der Waals surface area contributed by atoms with Gasteiger partial charge in [-0.2, -0.15) is 26.3 Å². The fraction of sp³-hybridized carbons (Fsp3) is 0.261. The zero-order chi connectivity index (χ0) is 25.3. The Kier molecular flexibility index (Phi) is 7.25. The molecule has 0 saturated heterocycles. The van der Waals surface area contributed by atoms with E-state index in [1.54, 1.807) is 37.4 Å². The number of hydrogen-bond donors (Lipinski definition) is 1. The van der Waals surface area contributed by atoms with Crippen LogP contribution in [0.15, 0.2) is 47.6 Å². The molecule has 1 heterocycles. The van der Waals surface area contributed by atoms with Crippen LogP contribution in [0.1, 0.15) is 38.4 Å². The summed E-state index contributed by atoms with van der Waals surface area (Å²) in [5.41, 5.74) is -1.43. The maximum atomic E-state index is 13.4. The van der Waals surface area contributed by atoms with Gasteiger partial charge in [0, 0.05) is 19.0 Å². The van der Waals surface area contributed by atoms with Crippen LogP contribution in [-0.2, 0) is 18.8 Å². The highest BCUT2D eigenvalue weighted by Gasteiger charge is 2.37. The maximum Gasteiger partial charge on any atom is 0.416 e. The van der Waals surface area contributed by atoms with E-state index in [0.29, 0.717) is 17.7 Å². The molecule has 0 fully saturated rings. The van der Waals surface area contributed by atoms with Crippen molar-refractivity contribution in [2.24, 2.45) is 0 Å². The lowest BCUT2D eigenvalue weighted by atomic mass is 9.93. The maximum absolute atomic E-state index is 13.4. The van der Waals surface area contributed by atoms with E-state index < -0.39 is 29.4 Å². The van der Waals surface area contributed by atoms with Crippen LogP contribution in [0, 0.1) is 6.92 Å². The molecular weight excluding hydrogens is 480 g/mol. The van der Waals surface area contributed by atoms with Crippen molar-refractivity contribution in [2.45, 2.75) is 30.9 Å². The Bertz CT molecular complexity index is 1190. The van der Waals surface area contributed by atoms with Crippen molar-refractivity contribution in [1.82, 2.24) is 15.3 Å². The lowest BCUT2D eigenvalue weighted by Crippen LogP contribution is -2.22. The van der Waals surface area contributed by atoms with Crippen LogP contribution in [0.3, 0.4) is 0 Å². The van der Waals surface area contributed by atoms with Crippen LogP contribution in [-0.4, -0.2) is 29.2 Å². The van der Waals surface area contributed by atoms with Gasteiger partial charge in [0.2, 0.25) is 0 Å². The van der Waals surface area contributed by atoms with Crippen LogP contribution in [0.2, 0.25) is 0 Å². The third-order valence-corrected chi connectivity index (χ3v) is 5.57. The first-order chi connectivity index (χ1) is 15.8. The Balaban J connectivity index is 2.30. The molecule has 0 spiro atoms. The summed E-state index contributed by atoms with van der Waals surface area (Å²) in [6.45, 7) is 1.77. The highest BCUT2D eigenvalue weighted by atomic mass is 32.2. The average molecular weight is 499 g/mol. The zero-order valence-electron chi connectivity index (χ0n) is 18.2. The summed E-state index contributed by atoms with van der Waals surface area (Å²) in [5.74, 6) is -0.558. The number of carbonyl (C=O) groups is 1. The molecule has 0 aliphatic rings. The lowest BCUT2D eigenvalue weighted by molar-refractivity contribution is -0.143. The molecule has 0 saturated carbocycles. The van der Waals surface area contributed by atoms with Gasteiger partial charge in [-0.05, 0) is 48.1 Å². The van der Waals surface area contributed by atoms with Crippen LogP contribution < -0.4 is 5.32 Å². The molecule has 3 rings (SSSR count). The Hall–Kier alpha value is -3.08. The van der Waals surface area contributed by atoms with E-state index >= 15 is 0 Å². The summed E-state index contributed by atoms with van der Waals surface area (Å²) < 4.78 is 80.1. The van der Waals surface area contributed by atoms with E-state index in [1.165, 1.54) is 7.05 Å². The van der Waals surface area contributed by atoms with Gasteiger partial charge >= 0.3 is 12.4 Å². The zero-order valence-corrected chi connectivity index (χ0v) is 19.0. The van der Waals surface area contributed by atoms with Crippen LogP contribution in [0.25, 0.3) is 11.1 Å². The molecule has 0 atom stereocenters. The molecule has 180 valence electrons. The number of aromatic nitrogens is 2. The van der Waals surface area contributed by atoms with Crippen molar-refractivity contribution in [3.05, 3.63) is 76.1 Å². The highest BCUT2D eigenvalue weighted by Crippen LogP contribution is 2.38. The fourth-order valence-corrected chi connectivity index (χ4v) is 3.82. The quantitative estimate of drug-likeness (QED) is 0.260. The van der Waals surface area contributed by atoms with Gasteiger partial charge in [-0.15, -0.1) is 0 Å². The number of nitrogens with one attached hydrogen (secondary N) is 1. The summed E-state index contributed by atoms with van der Waals surface area (Å²) in [4.78, 5) is 21.3. The van der Waals surface area contributed by atoms with Crippen molar-refractivity contribution < 1.29 is 31.1 Å². The van der Waals surface area contributed by atoms with E-state index in [9.17, 15) is 31.1 Å². The van der Waals surface area contributed by atoms with Crippen LogP contribution >= 0.6 is 11.8 Å². The minimum absolute atomic E-state index is 0.0193. The molecule has 0 unspecified atom stereocenters. The van der Waals surface area contributed by atoms with Crippen molar-refractivity contribution in [3.63, 3.8) is 0 Å². The van der Waals surface area contributed by atoms with Crippen molar-refractivity contribution in [3.8, 4) is 11.1 Å². The van der Waals surface area contributed by atoms with Crippen LogP contribution in [0.5, 0.6) is 0 Å². The molecule has 0 aliphatic heterocycles. The average Bonchev–Trinajstić information content (AvgIpc) is 2.77. The normalized spacial score (nSPS) is 12.0. The first-order valence-electron chi connectivity index (χ1n) is 9.86. The minimum atomic E-state index is -4.97. The third-order valence-electron chi connectivity index (χ3n) is 5.02. The Labute approximate surface area is 195 Å². The molecule has 11 heteroatoms. The molecular formula is C23H19F6N3OS. The molecule has 34 heavy (non-hydrogen) atoms. The number of benzene rings is 2. The SMILES string of the molecule is CNC(=O)c1nc(SC)nc(Cc2cc(C(F)(F)F)cc(C(F)(F)F)c2)c1-c1ccccc1C. The van der Waals surface area contributed by atoms with Crippen molar-refractivity contribution in [2.75, 3.05) is 13.3 Å². The summed E-state index contributed by atoms with van der Waals surface area (Å²) in [6.07, 6.45) is -8.68. The number of aryl methyl sites for hydroxylation is 1. The molecule has 0 radical (unpaired) electrons. The second-order valence-electron chi connectivity index (χ2n) is 7.37. The largest absolute Gasteiger partial charge is 0.416 e. The van der Waals surface area contributed by atoms with E-state index in [2.05, 4.69) is 15.3 Å². The predicted octanol–water partition coefficient (Wildman–Crippen LogP) is 6.16. The standard InChI is InChI=1S/C23H19F6N3OS/c1-12-6-4-5-7-16(12)18-17(31-21(34-3)32-19(18)20(33)30-2)10-13-8-14(22(24,25)26)11-15(9-13)23(27,28)29/h4-9,11H,10H2,1-3H3,(H,30,33). The molecule has 3 aromatic rings. The van der Waals surface area contributed by atoms with E-state index in [0.717, 1.165) is 17.3 Å². The highest BCUT2D eigenvalue weighted by molar-refractivity contribution is 7.98. The molecule has 1 aromatic heterocycles. The smallest absolute Gasteiger partial charge is 0.354 e. The van der Waals surface area contributed by atoms with Gasteiger partial charge in [0.15, 0.2) is 5.16 Å². The number of amides is 1. The molecule has 2 aromatic carbocycles. The van der Waals surface area contributed by atoms with Crippen molar-refractivity contribution in [1.29, 1.82) is 0 Å². The molecule has 0 bridgehead atoms. The summed E-state index contributed by atoms with van der Waals surface area (Å²) in [7, 11) is 1.40. The Morgan fingerprint density at radius 2 is 1.56 bits per heavy atom. The minimum Gasteiger partial charge on any atom is -0.354 e. The van der Waals surface area contributed by atoms with Gasteiger partial charge in [-0.25, -0.2) is 9.97 Å². The van der Waals surface area contributed by atoms with Crippen LogP contribution in [0.4, 0.5) is 26.3 Å². The van der Waals surface area contributed by atoms with E-state index in [-0.39, 0.29) is 40.2 Å². The van der Waals surface area contributed by atoms with E-state index in [4.69, 9.17) is 0 Å².